The second kappa shape index (κ2) is 7.43. The van der Waals surface area contributed by atoms with Gasteiger partial charge < -0.3 is 14.4 Å². The fraction of sp³-hybridized carbons (Fsp3) is 0.588. The fourth-order valence-corrected chi connectivity index (χ4v) is 3.65. The monoisotopic (exact) mass is 396 g/mol. The molecular weight excluding hydrogens is 372 g/mol. The Morgan fingerprint density at radius 1 is 1.33 bits per heavy atom. The highest BCUT2D eigenvalue weighted by molar-refractivity contribution is 7.90. The smallest absolute Gasteiger partial charge is 0.257 e. The van der Waals surface area contributed by atoms with Gasteiger partial charge in [0.15, 0.2) is 0 Å². The van der Waals surface area contributed by atoms with E-state index in [9.17, 15) is 18.3 Å². The van der Waals surface area contributed by atoms with Crippen LogP contribution in [0, 0.1) is 5.92 Å². The van der Waals surface area contributed by atoms with E-state index in [2.05, 4.69) is 10.3 Å². The van der Waals surface area contributed by atoms with E-state index in [4.69, 9.17) is 4.42 Å². The normalized spacial score (nSPS) is 17.4. The number of sulfone groups is 1. The zero-order valence-corrected chi connectivity index (χ0v) is 16.4. The molecule has 148 valence electrons. The summed E-state index contributed by atoms with van der Waals surface area (Å²) in [4.78, 5) is 14.2. The van der Waals surface area contributed by atoms with E-state index in [1.54, 1.807) is 15.8 Å². The number of aliphatic hydroxyl groups excluding tert-OH is 1. The number of likely N-dealkylation sites (tertiary alicyclic amines) is 1. The summed E-state index contributed by atoms with van der Waals surface area (Å²) in [6.07, 6.45) is 4.73. The van der Waals surface area contributed by atoms with Crippen molar-refractivity contribution in [1.29, 1.82) is 0 Å². The van der Waals surface area contributed by atoms with E-state index >= 15 is 0 Å². The molecule has 3 rings (SSSR count). The number of aliphatic hydroxyl groups is 1. The van der Waals surface area contributed by atoms with Gasteiger partial charge in [-0.25, -0.2) is 13.1 Å². The van der Waals surface area contributed by atoms with Crippen LogP contribution in [0.4, 0.5) is 0 Å². The molecule has 0 bridgehead atoms. The summed E-state index contributed by atoms with van der Waals surface area (Å²) in [5, 5.41) is 18.1. The summed E-state index contributed by atoms with van der Waals surface area (Å²) in [6.45, 7) is 4.87. The van der Waals surface area contributed by atoms with Crippen molar-refractivity contribution in [2.24, 2.45) is 5.92 Å². The number of aromatic nitrogens is 3. The summed E-state index contributed by atoms with van der Waals surface area (Å²) < 4.78 is 29.7. The molecule has 1 fully saturated rings. The Hall–Kier alpha value is -2.20. The van der Waals surface area contributed by atoms with Crippen LogP contribution in [-0.2, 0) is 9.84 Å². The first-order valence-electron chi connectivity index (χ1n) is 8.84. The Labute approximate surface area is 157 Å². The predicted molar refractivity (Wildman–Crippen MR) is 95.8 cm³/mol. The predicted octanol–water partition coefficient (Wildman–Crippen LogP) is 1.44. The van der Waals surface area contributed by atoms with Crippen molar-refractivity contribution in [3.63, 3.8) is 0 Å². The highest BCUT2D eigenvalue weighted by Crippen LogP contribution is 2.26. The number of hydrogen-bond acceptors (Lipinski definition) is 7. The van der Waals surface area contributed by atoms with Gasteiger partial charge in [0.05, 0.1) is 17.8 Å². The number of amides is 1. The highest BCUT2D eigenvalue weighted by Gasteiger charge is 2.28. The summed E-state index contributed by atoms with van der Waals surface area (Å²) >= 11 is 0. The van der Waals surface area contributed by atoms with Crippen LogP contribution in [0.3, 0.4) is 0 Å². The van der Waals surface area contributed by atoms with Gasteiger partial charge in [-0.2, -0.15) is 0 Å². The lowest BCUT2D eigenvalue weighted by molar-refractivity contribution is 0.0688. The first kappa shape index (κ1) is 19.6. The number of rotatable bonds is 5. The van der Waals surface area contributed by atoms with Crippen LogP contribution < -0.4 is 0 Å². The average molecular weight is 396 g/mol. The molecule has 2 aromatic rings. The van der Waals surface area contributed by atoms with Crippen molar-refractivity contribution in [2.45, 2.75) is 43.9 Å². The first-order chi connectivity index (χ1) is 12.7. The Balaban J connectivity index is 1.62. The van der Waals surface area contributed by atoms with Crippen LogP contribution >= 0.6 is 0 Å². The number of hydrogen-bond donors (Lipinski definition) is 1. The summed E-state index contributed by atoms with van der Waals surface area (Å²) in [7, 11) is -3.48. The summed E-state index contributed by atoms with van der Waals surface area (Å²) in [5.74, 6) is -0.192. The van der Waals surface area contributed by atoms with Gasteiger partial charge in [0, 0.05) is 25.4 Å². The van der Waals surface area contributed by atoms with Gasteiger partial charge in [-0.1, -0.05) is 19.1 Å². The Morgan fingerprint density at radius 3 is 2.56 bits per heavy atom. The van der Waals surface area contributed by atoms with Crippen molar-refractivity contribution in [3.8, 4) is 0 Å². The van der Waals surface area contributed by atoms with Crippen LogP contribution in [0.25, 0.3) is 0 Å². The SMILES string of the molecule is CC(C)C(O)c1cn(C2CCN(C(=O)c3coc(S(C)(=O)=O)c3)CC2)nn1. The van der Waals surface area contributed by atoms with Gasteiger partial charge in [-0.3, -0.25) is 4.79 Å². The van der Waals surface area contributed by atoms with Gasteiger partial charge in [0.1, 0.15) is 18.1 Å². The molecule has 3 heterocycles. The van der Waals surface area contributed by atoms with Gasteiger partial charge >= 0.3 is 0 Å². The zero-order chi connectivity index (χ0) is 19.8. The second-order valence-corrected chi connectivity index (χ2v) is 9.21. The Kier molecular flexibility index (Phi) is 5.38. The van der Waals surface area contributed by atoms with Crippen LogP contribution in [-0.4, -0.2) is 58.7 Å². The molecule has 1 unspecified atom stereocenters. The molecule has 10 heteroatoms. The van der Waals surface area contributed by atoms with Crippen molar-refractivity contribution >= 4 is 15.7 Å². The van der Waals surface area contributed by atoms with Gasteiger partial charge in [-0.05, 0) is 18.8 Å². The van der Waals surface area contributed by atoms with Gasteiger partial charge in [0.25, 0.3) is 5.91 Å². The number of carbonyl (C=O) groups is 1. The van der Waals surface area contributed by atoms with Crippen LogP contribution in [0.1, 0.15) is 54.9 Å². The second-order valence-electron chi connectivity index (χ2n) is 7.26. The van der Waals surface area contributed by atoms with Gasteiger partial charge in [0.2, 0.25) is 14.9 Å². The molecule has 1 atom stereocenters. The molecule has 2 aromatic heterocycles. The molecule has 0 saturated carbocycles. The lowest BCUT2D eigenvalue weighted by atomic mass is 10.0. The molecular formula is C17H24N4O5S. The molecule has 0 spiro atoms. The summed E-state index contributed by atoms with van der Waals surface area (Å²) in [6, 6.07) is 1.37. The lowest BCUT2D eigenvalue weighted by Crippen LogP contribution is -2.39. The molecule has 27 heavy (non-hydrogen) atoms. The third kappa shape index (κ3) is 4.22. The molecule has 0 radical (unpaired) electrons. The minimum atomic E-state index is -3.48. The van der Waals surface area contributed by atoms with Crippen LogP contribution in [0.2, 0.25) is 0 Å². The van der Waals surface area contributed by atoms with E-state index in [1.807, 2.05) is 13.8 Å². The molecule has 9 nitrogen and oxygen atoms in total. The molecule has 1 saturated heterocycles. The fourth-order valence-electron chi connectivity index (χ4n) is 3.09. The third-order valence-corrected chi connectivity index (χ3v) is 5.72. The standard InChI is InChI=1S/C17H24N4O5S/c1-11(2)16(22)14-9-21(19-18-14)13-4-6-20(7-5-13)17(23)12-8-15(26-10-12)27(3,24)25/h8-11,13,16,22H,4-7H2,1-3H3. The maximum Gasteiger partial charge on any atom is 0.257 e. The van der Waals surface area contributed by atoms with E-state index < -0.39 is 15.9 Å². The van der Waals surface area contributed by atoms with Gasteiger partial charge in [-0.15, -0.1) is 5.10 Å². The number of nitrogens with zero attached hydrogens (tertiary/aromatic N) is 4. The number of furan rings is 1. The topological polar surface area (TPSA) is 119 Å². The molecule has 1 aliphatic heterocycles. The van der Waals surface area contributed by atoms with Crippen molar-refractivity contribution in [3.05, 3.63) is 29.8 Å². The lowest BCUT2D eigenvalue weighted by Gasteiger charge is -2.31. The molecule has 1 amide bonds. The van der Waals surface area contributed by atoms with Crippen molar-refractivity contribution in [1.82, 2.24) is 19.9 Å². The minimum Gasteiger partial charge on any atom is -0.452 e. The quantitative estimate of drug-likeness (QED) is 0.812. The van der Waals surface area contributed by atoms with E-state index in [0.29, 0.717) is 31.6 Å². The zero-order valence-electron chi connectivity index (χ0n) is 15.6. The van der Waals surface area contributed by atoms with Crippen LogP contribution in [0.5, 0.6) is 0 Å². The average Bonchev–Trinajstić information content (AvgIpc) is 3.30. The number of piperidine rings is 1. The largest absolute Gasteiger partial charge is 0.452 e. The third-order valence-electron chi connectivity index (χ3n) is 4.78. The maximum absolute atomic E-state index is 12.6. The summed E-state index contributed by atoms with van der Waals surface area (Å²) in [5.41, 5.74) is 0.784. The van der Waals surface area contributed by atoms with E-state index in [-0.39, 0.29) is 28.5 Å². The Morgan fingerprint density at radius 2 is 2.00 bits per heavy atom. The maximum atomic E-state index is 12.6. The molecule has 1 aliphatic rings. The molecule has 0 aliphatic carbocycles. The van der Waals surface area contributed by atoms with E-state index in [1.165, 1.54) is 12.3 Å². The first-order valence-corrected chi connectivity index (χ1v) is 10.7. The Bertz CT molecular complexity index is 909. The van der Waals surface area contributed by atoms with E-state index in [0.717, 1.165) is 6.26 Å². The highest BCUT2D eigenvalue weighted by atomic mass is 32.2. The minimum absolute atomic E-state index is 0.0569. The van der Waals surface area contributed by atoms with Crippen molar-refractivity contribution in [2.75, 3.05) is 19.3 Å². The molecule has 1 N–H and O–H groups in total. The van der Waals surface area contributed by atoms with Crippen LogP contribution in [0.15, 0.2) is 28.0 Å². The van der Waals surface area contributed by atoms with Crippen molar-refractivity contribution < 1.29 is 22.7 Å². The molecule has 0 aromatic carbocycles. The number of carbonyl (C=O) groups excluding carboxylic acids is 1.